The fourth-order valence-corrected chi connectivity index (χ4v) is 3.15. The molecule has 1 amide bonds. The van der Waals surface area contributed by atoms with Gasteiger partial charge in [0.05, 0.1) is 0 Å². The summed E-state index contributed by atoms with van der Waals surface area (Å²) in [5, 5.41) is 12.8. The number of hydrogen-bond donors (Lipinski definition) is 1. The number of benzene rings is 2. The fourth-order valence-electron chi connectivity index (χ4n) is 2.98. The highest BCUT2D eigenvalue weighted by Crippen LogP contribution is 2.32. The van der Waals surface area contributed by atoms with Crippen molar-refractivity contribution >= 4 is 28.9 Å². The molecule has 1 aliphatic rings. The van der Waals surface area contributed by atoms with E-state index in [0.717, 1.165) is 17.7 Å². The highest BCUT2D eigenvalue weighted by Gasteiger charge is 2.25. The van der Waals surface area contributed by atoms with Crippen molar-refractivity contribution in [2.75, 3.05) is 10.2 Å². The Kier molecular flexibility index (Phi) is 4.78. The zero-order valence-corrected chi connectivity index (χ0v) is 14.8. The lowest BCUT2D eigenvalue weighted by Gasteiger charge is -2.20. The van der Waals surface area contributed by atoms with Crippen molar-refractivity contribution < 1.29 is 4.79 Å². The van der Waals surface area contributed by atoms with Crippen LogP contribution in [0, 0.1) is 18.3 Å². The first kappa shape index (κ1) is 17.1. The normalized spacial score (nSPS) is 16.3. The molecule has 1 atom stereocenters. The maximum atomic E-state index is 12.5. The molecule has 4 nitrogen and oxygen atoms in total. The molecule has 0 aliphatic carbocycles. The van der Waals surface area contributed by atoms with Crippen LogP contribution in [0.25, 0.3) is 0 Å². The number of nitrogens with one attached hydrogen (secondary N) is 1. The summed E-state index contributed by atoms with van der Waals surface area (Å²) in [6.45, 7) is 3.95. The van der Waals surface area contributed by atoms with Gasteiger partial charge in [0.1, 0.15) is 11.6 Å². The third kappa shape index (κ3) is 3.52. The first-order valence-corrected chi connectivity index (χ1v) is 8.43. The van der Waals surface area contributed by atoms with E-state index in [0.29, 0.717) is 10.7 Å². The van der Waals surface area contributed by atoms with E-state index < -0.39 is 5.91 Å². The largest absolute Gasteiger partial charge is 0.343 e. The van der Waals surface area contributed by atoms with Gasteiger partial charge in [-0.15, -0.1) is 0 Å². The Morgan fingerprint density at radius 2 is 2.12 bits per heavy atom. The van der Waals surface area contributed by atoms with Crippen molar-refractivity contribution in [2.45, 2.75) is 26.3 Å². The minimum atomic E-state index is -0.440. The van der Waals surface area contributed by atoms with Gasteiger partial charge in [0.15, 0.2) is 0 Å². The van der Waals surface area contributed by atoms with E-state index in [1.165, 1.54) is 5.56 Å². The molecule has 1 unspecified atom stereocenters. The Morgan fingerprint density at radius 3 is 2.88 bits per heavy atom. The summed E-state index contributed by atoms with van der Waals surface area (Å²) in [6.07, 6.45) is 2.52. The van der Waals surface area contributed by atoms with Crippen molar-refractivity contribution in [3.8, 4) is 6.07 Å². The van der Waals surface area contributed by atoms with Gasteiger partial charge in [-0.25, -0.2) is 0 Å². The number of fused-ring (bicyclic) bond motifs is 1. The van der Waals surface area contributed by atoms with Crippen LogP contribution in [0.2, 0.25) is 5.02 Å². The molecule has 0 spiro atoms. The van der Waals surface area contributed by atoms with Gasteiger partial charge in [-0.2, -0.15) is 5.26 Å². The summed E-state index contributed by atoms with van der Waals surface area (Å²) >= 11 is 5.99. The van der Waals surface area contributed by atoms with Crippen molar-refractivity contribution in [3.05, 3.63) is 70.4 Å². The number of anilines is 2. The number of aryl methyl sites for hydroxylation is 1. The number of nitrogens with zero attached hydrogens (tertiary/aromatic N) is 2. The Bertz CT molecular complexity index is 898. The molecule has 3 rings (SSSR count). The molecule has 0 aromatic heterocycles. The molecular weight excluding hydrogens is 334 g/mol. The van der Waals surface area contributed by atoms with Crippen molar-refractivity contribution in [1.29, 1.82) is 5.26 Å². The van der Waals surface area contributed by atoms with E-state index in [9.17, 15) is 10.1 Å². The van der Waals surface area contributed by atoms with Gasteiger partial charge in [0, 0.05) is 28.6 Å². The second kappa shape index (κ2) is 7.00. The maximum Gasteiger partial charge on any atom is 0.267 e. The Morgan fingerprint density at radius 1 is 1.36 bits per heavy atom. The van der Waals surface area contributed by atoms with Crippen LogP contribution in [0.1, 0.15) is 18.1 Å². The van der Waals surface area contributed by atoms with Crippen LogP contribution < -0.4 is 10.2 Å². The molecule has 25 heavy (non-hydrogen) atoms. The fraction of sp³-hybridized carbons (Fsp3) is 0.200. The molecule has 2 aromatic rings. The third-order valence-corrected chi connectivity index (χ3v) is 4.58. The summed E-state index contributed by atoms with van der Waals surface area (Å²) < 4.78 is 0. The number of rotatable bonds is 3. The Labute approximate surface area is 152 Å². The third-order valence-electron chi connectivity index (χ3n) is 4.34. The molecule has 1 N–H and O–H groups in total. The maximum absolute atomic E-state index is 12.5. The number of carbonyl (C=O) groups is 1. The Hall–Kier alpha value is -2.77. The van der Waals surface area contributed by atoms with Gasteiger partial charge >= 0.3 is 0 Å². The van der Waals surface area contributed by atoms with E-state index >= 15 is 0 Å². The van der Waals surface area contributed by atoms with Crippen molar-refractivity contribution in [1.82, 2.24) is 0 Å². The first-order chi connectivity index (χ1) is 12.0. The average molecular weight is 352 g/mol. The summed E-state index contributed by atoms with van der Waals surface area (Å²) in [7, 11) is 0. The van der Waals surface area contributed by atoms with E-state index in [2.05, 4.69) is 18.3 Å². The molecule has 126 valence electrons. The number of para-hydroxylation sites is 1. The van der Waals surface area contributed by atoms with Crippen LogP contribution in [-0.4, -0.2) is 11.9 Å². The number of hydrogen-bond acceptors (Lipinski definition) is 3. The van der Waals surface area contributed by atoms with Crippen LogP contribution in [-0.2, 0) is 11.2 Å². The van der Waals surface area contributed by atoms with Crippen LogP contribution in [0.4, 0.5) is 11.4 Å². The standard InChI is InChI=1S/C20H18ClN3O/c1-13-7-8-17(21)10-18(13)23-20(25)16(11-22)12-24-14(2)9-15-5-3-4-6-19(15)24/h3-8,10,12,14H,9H2,1-2H3,(H,23,25)/b16-12-. The molecule has 5 heteroatoms. The van der Waals surface area contributed by atoms with E-state index in [1.807, 2.05) is 42.2 Å². The molecule has 0 saturated carbocycles. The zero-order chi connectivity index (χ0) is 18.0. The lowest BCUT2D eigenvalue weighted by atomic mass is 10.1. The minimum absolute atomic E-state index is 0.0583. The quantitative estimate of drug-likeness (QED) is 0.656. The number of halogens is 1. The monoisotopic (exact) mass is 351 g/mol. The predicted octanol–water partition coefficient (Wildman–Crippen LogP) is 4.45. The summed E-state index contributed by atoms with van der Waals surface area (Å²) in [4.78, 5) is 14.5. The SMILES string of the molecule is Cc1ccc(Cl)cc1NC(=O)/C(C#N)=C\N1c2ccccc2CC1C. The average Bonchev–Trinajstić information content (AvgIpc) is 2.91. The number of nitriles is 1. The van der Waals surface area contributed by atoms with Crippen molar-refractivity contribution in [3.63, 3.8) is 0 Å². The van der Waals surface area contributed by atoms with Gasteiger partial charge in [-0.3, -0.25) is 4.79 Å². The topological polar surface area (TPSA) is 56.1 Å². The van der Waals surface area contributed by atoms with Crippen LogP contribution >= 0.6 is 11.6 Å². The van der Waals surface area contributed by atoms with E-state index in [-0.39, 0.29) is 11.6 Å². The summed E-state index contributed by atoms with van der Waals surface area (Å²) in [6, 6.07) is 15.5. The lowest BCUT2D eigenvalue weighted by molar-refractivity contribution is -0.112. The zero-order valence-electron chi connectivity index (χ0n) is 14.1. The van der Waals surface area contributed by atoms with Gasteiger partial charge in [0.2, 0.25) is 0 Å². The van der Waals surface area contributed by atoms with E-state index in [1.54, 1.807) is 18.3 Å². The summed E-state index contributed by atoms with van der Waals surface area (Å²) in [5.41, 5.74) is 3.80. The predicted molar refractivity (Wildman–Crippen MR) is 101 cm³/mol. The van der Waals surface area contributed by atoms with Gasteiger partial charge < -0.3 is 10.2 Å². The van der Waals surface area contributed by atoms with Crippen LogP contribution in [0.15, 0.2) is 54.2 Å². The second-order valence-electron chi connectivity index (χ2n) is 6.16. The molecule has 1 aliphatic heterocycles. The first-order valence-electron chi connectivity index (χ1n) is 8.05. The van der Waals surface area contributed by atoms with E-state index in [4.69, 9.17) is 11.6 Å². The van der Waals surface area contributed by atoms with Gasteiger partial charge in [-0.05, 0) is 49.6 Å². The molecule has 2 aromatic carbocycles. The second-order valence-corrected chi connectivity index (χ2v) is 6.59. The van der Waals surface area contributed by atoms with Crippen LogP contribution in [0.3, 0.4) is 0 Å². The summed E-state index contributed by atoms with van der Waals surface area (Å²) in [5.74, 6) is -0.440. The molecular formula is C20H18ClN3O. The molecule has 0 fully saturated rings. The molecule has 1 heterocycles. The number of carbonyl (C=O) groups excluding carboxylic acids is 1. The number of amides is 1. The Balaban J connectivity index is 1.87. The lowest BCUT2D eigenvalue weighted by Crippen LogP contribution is -2.26. The molecule has 0 radical (unpaired) electrons. The van der Waals surface area contributed by atoms with Crippen LogP contribution in [0.5, 0.6) is 0 Å². The molecule has 0 bridgehead atoms. The van der Waals surface area contributed by atoms with Gasteiger partial charge in [-0.1, -0.05) is 35.9 Å². The smallest absolute Gasteiger partial charge is 0.267 e. The highest BCUT2D eigenvalue weighted by atomic mass is 35.5. The highest BCUT2D eigenvalue weighted by molar-refractivity contribution is 6.31. The molecule has 0 saturated heterocycles. The van der Waals surface area contributed by atoms with Crippen molar-refractivity contribution in [2.24, 2.45) is 0 Å². The van der Waals surface area contributed by atoms with Gasteiger partial charge in [0.25, 0.3) is 5.91 Å². The minimum Gasteiger partial charge on any atom is -0.343 e.